The Labute approximate surface area is 239 Å². The van der Waals surface area contributed by atoms with Crippen molar-refractivity contribution in [1.29, 1.82) is 0 Å². The predicted octanol–water partition coefficient (Wildman–Crippen LogP) is 5.31. The van der Waals surface area contributed by atoms with Gasteiger partial charge in [-0.15, -0.1) is 0 Å². The molecule has 3 aromatic rings. The number of sulfonamides is 1. The number of hydrogen-bond acceptors (Lipinski definition) is 4. The quantitative estimate of drug-likeness (QED) is 0.343. The molecule has 0 aromatic heterocycles. The van der Waals surface area contributed by atoms with E-state index in [0.717, 1.165) is 27.8 Å². The smallest absolute Gasteiger partial charge is 0.264 e. The van der Waals surface area contributed by atoms with Crippen LogP contribution >= 0.6 is 0 Å². The molecule has 0 heterocycles. The Bertz CT molecular complexity index is 1430. The second-order valence-electron chi connectivity index (χ2n) is 10.9. The fourth-order valence-corrected chi connectivity index (χ4v) is 5.75. The zero-order valence-corrected chi connectivity index (χ0v) is 25.4. The van der Waals surface area contributed by atoms with Crippen LogP contribution in [-0.4, -0.2) is 44.3 Å². The van der Waals surface area contributed by atoms with Crippen LogP contribution in [0, 0.1) is 33.6 Å². The molecule has 214 valence electrons. The summed E-state index contributed by atoms with van der Waals surface area (Å²) in [7, 11) is -4.10. The minimum absolute atomic E-state index is 0.0969. The first-order valence-electron chi connectivity index (χ1n) is 13.6. The van der Waals surface area contributed by atoms with Crippen LogP contribution in [0.4, 0.5) is 5.69 Å². The fourth-order valence-electron chi connectivity index (χ4n) is 4.28. The Hall–Kier alpha value is -3.65. The number of aryl methyl sites for hydroxylation is 3. The molecule has 7 nitrogen and oxygen atoms in total. The molecule has 0 bridgehead atoms. The molecule has 1 N–H and O–H groups in total. The third-order valence-corrected chi connectivity index (χ3v) is 8.83. The van der Waals surface area contributed by atoms with Gasteiger partial charge in [-0.1, -0.05) is 73.5 Å². The van der Waals surface area contributed by atoms with Gasteiger partial charge in [0.25, 0.3) is 10.0 Å². The number of benzene rings is 3. The third kappa shape index (κ3) is 7.50. The standard InChI is InChI=1S/C32H41N3O4S/c1-22(2)19-33-32(37)27(7)34(20-28-15-11-23(3)12-16-28)31(36)21-35(30-10-8-9-25(5)26(30)6)40(38,39)29-17-13-24(4)14-18-29/h8-18,22,27H,19-21H2,1-7H3,(H,33,37)/t27-/m0/s1. The van der Waals surface area contributed by atoms with E-state index in [1.54, 1.807) is 43.3 Å². The summed E-state index contributed by atoms with van der Waals surface area (Å²) < 4.78 is 29.2. The summed E-state index contributed by atoms with van der Waals surface area (Å²) >= 11 is 0. The summed E-state index contributed by atoms with van der Waals surface area (Å²) in [6.45, 7) is 13.5. The van der Waals surface area contributed by atoms with E-state index in [9.17, 15) is 18.0 Å². The first kappa shape index (κ1) is 30.9. The van der Waals surface area contributed by atoms with Gasteiger partial charge in [-0.2, -0.15) is 0 Å². The maximum Gasteiger partial charge on any atom is 0.264 e. The second kappa shape index (κ2) is 13.1. The third-order valence-electron chi connectivity index (χ3n) is 7.06. The van der Waals surface area contributed by atoms with E-state index in [-0.39, 0.29) is 23.3 Å². The number of amides is 2. The number of anilines is 1. The van der Waals surface area contributed by atoms with Crippen molar-refractivity contribution in [3.8, 4) is 0 Å². The molecule has 0 radical (unpaired) electrons. The first-order valence-corrected chi connectivity index (χ1v) is 15.0. The number of nitrogens with zero attached hydrogens (tertiary/aromatic N) is 2. The topological polar surface area (TPSA) is 86.8 Å². The van der Waals surface area contributed by atoms with Gasteiger partial charge in [-0.25, -0.2) is 8.42 Å². The maximum atomic E-state index is 14.1. The van der Waals surface area contributed by atoms with Crippen LogP contribution < -0.4 is 9.62 Å². The Morgan fingerprint density at radius 3 is 1.98 bits per heavy atom. The Morgan fingerprint density at radius 2 is 1.40 bits per heavy atom. The lowest BCUT2D eigenvalue weighted by Crippen LogP contribution is -2.51. The highest BCUT2D eigenvalue weighted by Crippen LogP contribution is 2.29. The van der Waals surface area contributed by atoms with Crippen molar-refractivity contribution in [2.45, 2.75) is 65.9 Å². The number of rotatable bonds is 11. The summed E-state index contributed by atoms with van der Waals surface area (Å²) in [5.74, 6) is -0.505. The maximum absolute atomic E-state index is 14.1. The molecule has 40 heavy (non-hydrogen) atoms. The van der Waals surface area contributed by atoms with Crippen molar-refractivity contribution in [2.24, 2.45) is 5.92 Å². The number of hydrogen-bond donors (Lipinski definition) is 1. The number of carbonyl (C=O) groups is 2. The lowest BCUT2D eigenvalue weighted by Gasteiger charge is -2.32. The van der Waals surface area contributed by atoms with Crippen molar-refractivity contribution < 1.29 is 18.0 Å². The molecular formula is C32H41N3O4S. The molecule has 0 aliphatic heterocycles. The highest BCUT2D eigenvalue weighted by atomic mass is 32.2. The lowest BCUT2D eigenvalue weighted by molar-refractivity contribution is -0.139. The monoisotopic (exact) mass is 563 g/mol. The van der Waals surface area contributed by atoms with E-state index in [4.69, 9.17) is 0 Å². The molecule has 3 rings (SSSR count). The molecule has 0 unspecified atom stereocenters. The normalized spacial score (nSPS) is 12.2. The van der Waals surface area contributed by atoms with Gasteiger partial charge in [0.1, 0.15) is 12.6 Å². The van der Waals surface area contributed by atoms with Crippen LogP contribution in [0.1, 0.15) is 48.6 Å². The van der Waals surface area contributed by atoms with Gasteiger partial charge >= 0.3 is 0 Å². The van der Waals surface area contributed by atoms with Gasteiger partial charge in [0.2, 0.25) is 11.8 Å². The molecule has 0 aliphatic carbocycles. The molecule has 2 amide bonds. The average molecular weight is 564 g/mol. The molecule has 1 atom stereocenters. The van der Waals surface area contributed by atoms with Gasteiger partial charge in [-0.3, -0.25) is 13.9 Å². The largest absolute Gasteiger partial charge is 0.354 e. The minimum atomic E-state index is -4.10. The second-order valence-corrected chi connectivity index (χ2v) is 12.7. The van der Waals surface area contributed by atoms with Gasteiger partial charge < -0.3 is 10.2 Å². The van der Waals surface area contributed by atoms with Crippen LogP contribution in [0.5, 0.6) is 0 Å². The summed E-state index contributed by atoms with van der Waals surface area (Å²) in [4.78, 5) is 28.7. The van der Waals surface area contributed by atoms with Crippen LogP contribution in [0.3, 0.4) is 0 Å². The zero-order chi connectivity index (χ0) is 29.6. The molecule has 0 aliphatic rings. The van der Waals surface area contributed by atoms with Crippen molar-refractivity contribution in [3.63, 3.8) is 0 Å². The van der Waals surface area contributed by atoms with Crippen molar-refractivity contribution in [3.05, 3.63) is 94.5 Å². The van der Waals surface area contributed by atoms with E-state index in [1.807, 2.05) is 71.9 Å². The Morgan fingerprint density at radius 1 is 0.825 bits per heavy atom. The van der Waals surface area contributed by atoms with Crippen LogP contribution in [0.25, 0.3) is 0 Å². The van der Waals surface area contributed by atoms with E-state index < -0.39 is 28.5 Å². The summed E-state index contributed by atoms with van der Waals surface area (Å²) in [5, 5.41) is 2.91. The number of carbonyl (C=O) groups excluding carboxylic acids is 2. The Kier molecular flexibility index (Phi) is 10.1. The summed E-state index contributed by atoms with van der Waals surface area (Å²) in [6.07, 6.45) is 0. The van der Waals surface area contributed by atoms with Crippen molar-refractivity contribution >= 4 is 27.5 Å². The lowest BCUT2D eigenvalue weighted by atomic mass is 10.1. The number of nitrogens with one attached hydrogen (secondary N) is 1. The predicted molar refractivity (Wildman–Crippen MR) is 161 cm³/mol. The van der Waals surface area contributed by atoms with Crippen molar-refractivity contribution in [2.75, 3.05) is 17.4 Å². The van der Waals surface area contributed by atoms with Gasteiger partial charge in [0, 0.05) is 13.1 Å². The van der Waals surface area contributed by atoms with E-state index in [2.05, 4.69) is 5.32 Å². The average Bonchev–Trinajstić information content (AvgIpc) is 2.91. The molecular weight excluding hydrogens is 522 g/mol. The minimum Gasteiger partial charge on any atom is -0.354 e. The molecule has 8 heteroatoms. The molecule has 0 saturated carbocycles. The van der Waals surface area contributed by atoms with Gasteiger partial charge in [-0.05, 0) is 75.4 Å². The van der Waals surface area contributed by atoms with E-state index in [0.29, 0.717) is 12.2 Å². The van der Waals surface area contributed by atoms with Crippen molar-refractivity contribution in [1.82, 2.24) is 10.2 Å². The molecule has 0 saturated heterocycles. The Balaban J connectivity index is 2.05. The SMILES string of the molecule is Cc1ccc(CN(C(=O)CN(c2cccc(C)c2C)S(=O)(=O)c2ccc(C)cc2)[C@@H](C)C(=O)NCC(C)C)cc1. The van der Waals surface area contributed by atoms with Crippen LogP contribution in [0.15, 0.2) is 71.6 Å². The highest BCUT2D eigenvalue weighted by Gasteiger charge is 2.33. The summed E-state index contributed by atoms with van der Waals surface area (Å²) in [6, 6.07) is 18.9. The molecule has 0 spiro atoms. The molecule has 0 fully saturated rings. The highest BCUT2D eigenvalue weighted by molar-refractivity contribution is 7.92. The van der Waals surface area contributed by atoms with Crippen LogP contribution in [-0.2, 0) is 26.2 Å². The zero-order valence-electron chi connectivity index (χ0n) is 24.6. The first-order chi connectivity index (χ1) is 18.8. The molecule has 3 aromatic carbocycles. The van der Waals surface area contributed by atoms with Crippen LogP contribution in [0.2, 0.25) is 0 Å². The fraction of sp³-hybridized carbons (Fsp3) is 0.375. The summed E-state index contributed by atoms with van der Waals surface area (Å²) in [5.41, 5.74) is 4.96. The van der Waals surface area contributed by atoms with E-state index >= 15 is 0 Å². The van der Waals surface area contributed by atoms with Gasteiger partial charge in [0.05, 0.1) is 10.6 Å². The van der Waals surface area contributed by atoms with Gasteiger partial charge in [0.15, 0.2) is 0 Å². The van der Waals surface area contributed by atoms with E-state index in [1.165, 1.54) is 9.21 Å².